The molecule has 49 valence electrons. The Labute approximate surface area is 64.2 Å². The van der Waals surface area contributed by atoms with Crippen molar-refractivity contribution in [2.45, 2.75) is 6.04 Å². The highest BCUT2D eigenvalue weighted by Crippen LogP contribution is 2.21. The third-order valence-electron chi connectivity index (χ3n) is 1.47. The van der Waals surface area contributed by atoms with Gasteiger partial charge in [-0.1, -0.05) is 36.1 Å². The quantitative estimate of drug-likeness (QED) is 0.512. The lowest BCUT2D eigenvalue weighted by atomic mass is 10.1. The van der Waals surface area contributed by atoms with Gasteiger partial charge in [0.1, 0.15) is 5.55 Å². The Bertz CT molecular complexity index is 248. The second-order valence-electron chi connectivity index (χ2n) is 2.14. The van der Waals surface area contributed by atoms with Gasteiger partial charge < -0.3 is 0 Å². The molecular weight excluding hydrogens is 142 g/mol. The molecule has 0 amide bonds. The monoisotopic (exact) mass is 148 g/mol. The molecule has 0 N–H and O–H groups in total. The standard InChI is InChI=1S/C8H6NS/c1-2-4-8-7(3-1)5-10-6-9-8/h1-5,8H. The largest absolute Gasteiger partial charge is 0.263 e. The number of aliphatic imine (C=N–C) groups is 1. The number of nitrogens with zero attached hydrogens (tertiary/aromatic N) is 1. The summed E-state index contributed by atoms with van der Waals surface area (Å²) in [5, 5.41) is 2.08. The lowest BCUT2D eigenvalue weighted by molar-refractivity contribution is 0.982. The third kappa shape index (κ3) is 0.948. The number of allylic oxidation sites excluding steroid dienone is 2. The Balaban J connectivity index is 2.33. The lowest BCUT2D eigenvalue weighted by Gasteiger charge is -2.13. The number of rotatable bonds is 0. The Morgan fingerprint density at radius 2 is 2.50 bits per heavy atom. The van der Waals surface area contributed by atoms with Crippen molar-refractivity contribution in [1.29, 1.82) is 0 Å². The van der Waals surface area contributed by atoms with Crippen LogP contribution in [-0.2, 0) is 0 Å². The zero-order valence-electron chi connectivity index (χ0n) is 5.32. The summed E-state index contributed by atoms with van der Waals surface area (Å²) in [6.45, 7) is 0. The van der Waals surface area contributed by atoms with Gasteiger partial charge in [-0.25, -0.2) is 0 Å². The van der Waals surface area contributed by atoms with E-state index in [2.05, 4.69) is 28.1 Å². The van der Waals surface area contributed by atoms with Crippen LogP contribution in [-0.4, -0.2) is 11.6 Å². The molecule has 0 bridgehead atoms. The molecule has 1 heterocycles. The summed E-state index contributed by atoms with van der Waals surface area (Å²) in [6.07, 6.45) is 8.20. The molecule has 1 nitrogen and oxygen atoms in total. The molecule has 0 aromatic heterocycles. The number of thioether (sulfide) groups is 1. The van der Waals surface area contributed by atoms with E-state index in [-0.39, 0.29) is 6.04 Å². The molecule has 0 aromatic carbocycles. The van der Waals surface area contributed by atoms with Gasteiger partial charge >= 0.3 is 0 Å². The molecule has 1 aliphatic carbocycles. The average Bonchev–Trinajstić information content (AvgIpc) is 2.05. The molecule has 0 spiro atoms. The van der Waals surface area contributed by atoms with E-state index in [1.54, 1.807) is 0 Å². The fourth-order valence-corrected chi connectivity index (χ4v) is 1.54. The fraction of sp³-hybridized carbons (Fsp3) is 0.125. The Morgan fingerprint density at radius 3 is 3.40 bits per heavy atom. The van der Waals surface area contributed by atoms with Crippen LogP contribution in [0.1, 0.15) is 0 Å². The summed E-state index contributed by atoms with van der Waals surface area (Å²) in [7, 11) is 0. The smallest absolute Gasteiger partial charge is 0.128 e. The molecule has 1 atom stereocenters. The SMILES string of the molecule is [C]1=NC2C=CC=CC2=CS1. The summed E-state index contributed by atoms with van der Waals surface area (Å²) < 4.78 is 0. The van der Waals surface area contributed by atoms with Crippen molar-refractivity contribution in [3.8, 4) is 0 Å². The summed E-state index contributed by atoms with van der Waals surface area (Å²) >= 11 is 1.52. The minimum absolute atomic E-state index is 0.242. The van der Waals surface area contributed by atoms with Gasteiger partial charge in [0, 0.05) is 0 Å². The van der Waals surface area contributed by atoms with E-state index in [1.165, 1.54) is 17.3 Å². The number of hydrogen-bond donors (Lipinski definition) is 0. The van der Waals surface area contributed by atoms with Gasteiger partial charge in [0.25, 0.3) is 0 Å². The Hall–Kier alpha value is -0.760. The number of hydrogen-bond acceptors (Lipinski definition) is 2. The maximum Gasteiger partial charge on any atom is 0.128 e. The van der Waals surface area contributed by atoms with Crippen LogP contribution in [0.15, 0.2) is 40.3 Å². The topological polar surface area (TPSA) is 12.4 Å². The van der Waals surface area contributed by atoms with Crippen LogP contribution >= 0.6 is 11.8 Å². The second-order valence-corrected chi connectivity index (χ2v) is 2.80. The molecule has 0 aromatic rings. The van der Waals surface area contributed by atoms with E-state index in [0.717, 1.165) is 0 Å². The van der Waals surface area contributed by atoms with Gasteiger partial charge in [0.15, 0.2) is 0 Å². The molecule has 1 unspecified atom stereocenters. The van der Waals surface area contributed by atoms with Gasteiger partial charge in [-0.2, -0.15) is 0 Å². The average molecular weight is 148 g/mol. The van der Waals surface area contributed by atoms with E-state index in [0.29, 0.717) is 0 Å². The minimum Gasteiger partial charge on any atom is -0.263 e. The highest BCUT2D eigenvalue weighted by Gasteiger charge is 2.10. The predicted molar refractivity (Wildman–Crippen MR) is 45.2 cm³/mol. The molecule has 0 fully saturated rings. The first kappa shape index (κ1) is 5.98. The van der Waals surface area contributed by atoms with Gasteiger partial charge in [-0.15, -0.1) is 0 Å². The summed E-state index contributed by atoms with van der Waals surface area (Å²) in [4.78, 5) is 4.16. The first-order valence-electron chi connectivity index (χ1n) is 3.12. The van der Waals surface area contributed by atoms with Crippen LogP contribution in [0, 0.1) is 0 Å². The molecule has 2 aliphatic rings. The van der Waals surface area contributed by atoms with Crippen molar-refractivity contribution in [3.63, 3.8) is 0 Å². The van der Waals surface area contributed by atoms with Crippen molar-refractivity contribution in [2.75, 3.05) is 0 Å². The minimum atomic E-state index is 0.242. The lowest BCUT2D eigenvalue weighted by Crippen LogP contribution is -2.07. The zero-order chi connectivity index (χ0) is 6.81. The van der Waals surface area contributed by atoms with Crippen LogP contribution in [0.4, 0.5) is 0 Å². The van der Waals surface area contributed by atoms with Gasteiger partial charge in [0.2, 0.25) is 0 Å². The van der Waals surface area contributed by atoms with Crippen LogP contribution in [0.3, 0.4) is 0 Å². The highest BCUT2D eigenvalue weighted by molar-refractivity contribution is 8.14. The summed E-state index contributed by atoms with van der Waals surface area (Å²) in [5.74, 6) is 0. The summed E-state index contributed by atoms with van der Waals surface area (Å²) in [6, 6.07) is 0.242. The number of fused-ring (bicyclic) bond motifs is 1. The maximum absolute atomic E-state index is 4.16. The van der Waals surface area contributed by atoms with Crippen molar-refractivity contribution in [2.24, 2.45) is 4.99 Å². The maximum atomic E-state index is 4.16. The Kier molecular flexibility index (Phi) is 1.47. The van der Waals surface area contributed by atoms with E-state index in [1.807, 2.05) is 12.2 Å². The van der Waals surface area contributed by atoms with E-state index >= 15 is 0 Å². The molecule has 2 heteroatoms. The van der Waals surface area contributed by atoms with Crippen LogP contribution < -0.4 is 0 Å². The van der Waals surface area contributed by atoms with Crippen molar-refractivity contribution >= 4 is 17.3 Å². The van der Waals surface area contributed by atoms with Crippen LogP contribution in [0.25, 0.3) is 0 Å². The normalized spacial score (nSPS) is 28.0. The summed E-state index contributed by atoms with van der Waals surface area (Å²) in [5.41, 5.74) is 4.13. The molecule has 0 saturated carbocycles. The van der Waals surface area contributed by atoms with Crippen molar-refractivity contribution in [3.05, 3.63) is 35.3 Å². The Morgan fingerprint density at radius 1 is 1.50 bits per heavy atom. The van der Waals surface area contributed by atoms with Crippen LogP contribution in [0.2, 0.25) is 0 Å². The molecule has 10 heavy (non-hydrogen) atoms. The second kappa shape index (κ2) is 2.46. The van der Waals surface area contributed by atoms with Gasteiger partial charge in [-0.05, 0) is 11.0 Å². The van der Waals surface area contributed by atoms with E-state index in [4.69, 9.17) is 0 Å². The fourth-order valence-electron chi connectivity index (χ4n) is 0.954. The van der Waals surface area contributed by atoms with Crippen molar-refractivity contribution in [1.82, 2.24) is 0 Å². The van der Waals surface area contributed by atoms with E-state index < -0.39 is 0 Å². The van der Waals surface area contributed by atoms with Crippen molar-refractivity contribution < 1.29 is 0 Å². The first-order valence-corrected chi connectivity index (χ1v) is 4.00. The predicted octanol–water partition coefficient (Wildman–Crippen LogP) is 2.02. The van der Waals surface area contributed by atoms with E-state index in [9.17, 15) is 0 Å². The highest BCUT2D eigenvalue weighted by atomic mass is 32.2. The zero-order valence-corrected chi connectivity index (χ0v) is 6.14. The molecular formula is C8H6NS. The molecule has 0 saturated heterocycles. The third-order valence-corrected chi connectivity index (χ3v) is 2.08. The molecule has 1 radical (unpaired) electrons. The first-order chi connectivity index (χ1) is 4.97. The van der Waals surface area contributed by atoms with Gasteiger partial charge in [0.05, 0.1) is 6.04 Å². The van der Waals surface area contributed by atoms with Crippen LogP contribution in [0.5, 0.6) is 0 Å². The van der Waals surface area contributed by atoms with Gasteiger partial charge in [-0.3, -0.25) is 4.99 Å². The molecule has 2 rings (SSSR count). The molecule has 1 aliphatic heterocycles.